The van der Waals surface area contributed by atoms with Crippen LogP contribution in [0.2, 0.25) is 10.2 Å². The molecule has 18 heavy (non-hydrogen) atoms. The largest absolute Gasteiger partial charge is 0.440 e. The van der Waals surface area contributed by atoms with Gasteiger partial charge < -0.3 is 10.5 Å². The quantitative estimate of drug-likeness (QED) is 0.855. The SMILES string of the molecule is CC(OC(N)=O)c1cc2cccc(Cl)c2c(Cl)n1. The van der Waals surface area contributed by atoms with Gasteiger partial charge in [-0.05, 0) is 24.4 Å². The third-order valence-electron chi connectivity index (χ3n) is 2.49. The van der Waals surface area contributed by atoms with Gasteiger partial charge in [0.2, 0.25) is 0 Å². The molecule has 0 saturated heterocycles. The Bertz CT molecular complexity index is 616. The Labute approximate surface area is 114 Å². The smallest absolute Gasteiger partial charge is 0.405 e. The highest BCUT2D eigenvalue weighted by Gasteiger charge is 2.14. The van der Waals surface area contributed by atoms with E-state index in [0.29, 0.717) is 16.1 Å². The zero-order valence-electron chi connectivity index (χ0n) is 9.48. The van der Waals surface area contributed by atoms with E-state index in [-0.39, 0.29) is 5.15 Å². The molecular weight excluding hydrogens is 275 g/mol. The molecule has 0 aliphatic heterocycles. The lowest BCUT2D eigenvalue weighted by Gasteiger charge is -2.12. The normalized spacial score (nSPS) is 12.4. The number of hydrogen-bond donors (Lipinski definition) is 1. The lowest BCUT2D eigenvalue weighted by Crippen LogP contribution is -2.16. The van der Waals surface area contributed by atoms with Crippen molar-refractivity contribution in [1.82, 2.24) is 4.98 Å². The Hall–Kier alpha value is -1.52. The number of nitrogens with zero attached hydrogens (tertiary/aromatic N) is 1. The summed E-state index contributed by atoms with van der Waals surface area (Å²) in [6.07, 6.45) is -1.42. The van der Waals surface area contributed by atoms with Gasteiger partial charge in [-0.3, -0.25) is 0 Å². The van der Waals surface area contributed by atoms with Crippen LogP contribution in [0, 0.1) is 0 Å². The molecule has 0 aliphatic carbocycles. The van der Waals surface area contributed by atoms with Crippen molar-refractivity contribution in [3.05, 3.63) is 40.1 Å². The van der Waals surface area contributed by atoms with E-state index >= 15 is 0 Å². The molecule has 1 amide bonds. The highest BCUT2D eigenvalue weighted by molar-refractivity contribution is 6.41. The summed E-state index contributed by atoms with van der Waals surface area (Å²) in [5.41, 5.74) is 5.48. The first kappa shape index (κ1) is 12.9. The molecule has 0 fully saturated rings. The predicted octanol–water partition coefficient (Wildman–Crippen LogP) is 3.70. The number of carbonyl (C=O) groups is 1. The number of benzene rings is 1. The van der Waals surface area contributed by atoms with Crippen LogP contribution in [0.1, 0.15) is 18.7 Å². The predicted molar refractivity (Wildman–Crippen MR) is 70.8 cm³/mol. The average molecular weight is 285 g/mol. The maximum Gasteiger partial charge on any atom is 0.405 e. The van der Waals surface area contributed by atoms with Crippen LogP contribution in [0.5, 0.6) is 0 Å². The summed E-state index contributed by atoms with van der Waals surface area (Å²) in [6.45, 7) is 1.67. The van der Waals surface area contributed by atoms with Gasteiger partial charge in [0.15, 0.2) is 0 Å². The Morgan fingerprint density at radius 2 is 2.17 bits per heavy atom. The monoisotopic (exact) mass is 284 g/mol. The molecule has 1 aromatic carbocycles. The second-order valence-electron chi connectivity index (χ2n) is 3.75. The second kappa shape index (κ2) is 5.00. The molecule has 0 spiro atoms. The van der Waals surface area contributed by atoms with E-state index < -0.39 is 12.2 Å². The third-order valence-corrected chi connectivity index (χ3v) is 3.08. The summed E-state index contributed by atoms with van der Waals surface area (Å²) in [5.74, 6) is 0. The van der Waals surface area contributed by atoms with E-state index in [4.69, 9.17) is 33.7 Å². The summed E-state index contributed by atoms with van der Waals surface area (Å²) in [6, 6.07) is 7.17. The van der Waals surface area contributed by atoms with Gasteiger partial charge in [-0.25, -0.2) is 9.78 Å². The Balaban J connectivity index is 2.52. The highest BCUT2D eigenvalue weighted by atomic mass is 35.5. The lowest BCUT2D eigenvalue weighted by atomic mass is 10.1. The molecule has 4 nitrogen and oxygen atoms in total. The van der Waals surface area contributed by atoms with E-state index in [1.54, 1.807) is 19.1 Å². The fourth-order valence-corrected chi connectivity index (χ4v) is 2.31. The number of primary amides is 1. The summed E-state index contributed by atoms with van der Waals surface area (Å²) >= 11 is 12.1. The van der Waals surface area contributed by atoms with Gasteiger partial charge in [-0.1, -0.05) is 35.3 Å². The molecule has 1 unspecified atom stereocenters. The van der Waals surface area contributed by atoms with Crippen molar-refractivity contribution in [1.29, 1.82) is 0 Å². The fraction of sp³-hybridized carbons (Fsp3) is 0.167. The second-order valence-corrected chi connectivity index (χ2v) is 4.52. The summed E-state index contributed by atoms with van der Waals surface area (Å²) in [5, 5.41) is 2.31. The first-order valence-electron chi connectivity index (χ1n) is 5.20. The van der Waals surface area contributed by atoms with E-state index in [0.717, 1.165) is 5.39 Å². The molecule has 2 aromatic rings. The minimum atomic E-state index is -0.855. The molecular formula is C12H10Cl2N2O2. The molecule has 0 aliphatic rings. The lowest BCUT2D eigenvalue weighted by molar-refractivity contribution is 0.114. The maximum atomic E-state index is 10.7. The number of aromatic nitrogens is 1. The van der Waals surface area contributed by atoms with Crippen molar-refractivity contribution in [2.75, 3.05) is 0 Å². The number of carbonyl (C=O) groups excluding carboxylic acids is 1. The third kappa shape index (κ3) is 2.49. The van der Waals surface area contributed by atoms with Crippen molar-refractivity contribution in [2.24, 2.45) is 5.73 Å². The maximum absolute atomic E-state index is 10.7. The van der Waals surface area contributed by atoms with Crippen molar-refractivity contribution in [2.45, 2.75) is 13.0 Å². The van der Waals surface area contributed by atoms with Crippen LogP contribution in [0.25, 0.3) is 10.8 Å². The van der Waals surface area contributed by atoms with E-state index in [1.807, 2.05) is 12.1 Å². The molecule has 0 radical (unpaired) electrons. The minimum Gasteiger partial charge on any atom is -0.440 e. The van der Waals surface area contributed by atoms with Gasteiger partial charge >= 0.3 is 6.09 Å². The topological polar surface area (TPSA) is 65.2 Å². The summed E-state index contributed by atoms with van der Waals surface area (Å²) < 4.78 is 4.86. The molecule has 1 atom stereocenters. The van der Waals surface area contributed by atoms with Crippen molar-refractivity contribution < 1.29 is 9.53 Å². The van der Waals surface area contributed by atoms with Gasteiger partial charge in [0, 0.05) is 5.39 Å². The van der Waals surface area contributed by atoms with Crippen LogP contribution < -0.4 is 5.73 Å². The van der Waals surface area contributed by atoms with Gasteiger partial charge in [0.1, 0.15) is 11.3 Å². The Morgan fingerprint density at radius 3 is 2.83 bits per heavy atom. The van der Waals surface area contributed by atoms with E-state index in [9.17, 15) is 4.79 Å². The summed E-state index contributed by atoms with van der Waals surface area (Å²) in [4.78, 5) is 14.9. The fourth-order valence-electron chi connectivity index (χ4n) is 1.68. The number of pyridine rings is 1. The average Bonchev–Trinajstić information content (AvgIpc) is 2.27. The van der Waals surface area contributed by atoms with Crippen molar-refractivity contribution in [3.63, 3.8) is 0 Å². The minimum absolute atomic E-state index is 0.271. The molecule has 1 heterocycles. The van der Waals surface area contributed by atoms with E-state index in [1.165, 1.54) is 0 Å². The molecule has 2 rings (SSSR count). The molecule has 94 valence electrons. The van der Waals surface area contributed by atoms with Gasteiger partial charge in [-0.2, -0.15) is 0 Å². The van der Waals surface area contributed by atoms with Crippen molar-refractivity contribution in [3.8, 4) is 0 Å². The van der Waals surface area contributed by atoms with Crippen molar-refractivity contribution >= 4 is 40.1 Å². The van der Waals surface area contributed by atoms with Crippen LogP contribution in [0.15, 0.2) is 24.3 Å². The number of hydrogen-bond acceptors (Lipinski definition) is 3. The van der Waals surface area contributed by atoms with E-state index in [2.05, 4.69) is 4.98 Å². The number of ether oxygens (including phenoxy) is 1. The zero-order chi connectivity index (χ0) is 13.3. The van der Waals surface area contributed by atoms with Gasteiger partial charge in [0.05, 0.1) is 10.7 Å². The van der Waals surface area contributed by atoms with Crippen LogP contribution >= 0.6 is 23.2 Å². The molecule has 0 saturated carbocycles. The highest BCUT2D eigenvalue weighted by Crippen LogP contribution is 2.31. The summed E-state index contributed by atoms with van der Waals surface area (Å²) in [7, 11) is 0. The van der Waals surface area contributed by atoms with Crippen LogP contribution in [-0.2, 0) is 4.74 Å². The first-order chi connectivity index (χ1) is 8.49. The number of fused-ring (bicyclic) bond motifs is 1. The van der Waals surface area contributed by atoms with Crippen LogP contribution in [0.4, 0.5) is 4.79 Å². The van der Waals surface area contributed by atoms with Crippen LogP contribution in [0.3, 0.4) is 0 Å². The molecule has 0 bridgehead atoms. The Kier molecular flexibility index (Phi) is 3.59. The van der Waals surface area contributed by atoms with Gasteiger partial charge in [-0.15, -0.1) is 0 Å². The first-order valence-corrected chi connectivity index (χ1v) is 5.95. The number of halogens is 2. The number of rotatable bonds is 2. The molecule has 6 heteroatoms. The Morgan fingerprint density at radius 1 is 1.44 bits per heavy atom. The molecule has 1 aromatic heterocycles. The number of amides is 1. The van der Waals surface area contributed by atoms with Gasteiger partial charge in [0.25, 0.3) is 0 Å². The standard InChI is InChI=1S/C12H10Cl2N2O2/c1-6(18-12(15)17)9-5-7-3-2-4-8(13)10(7)11(14)16-9/h2-6H,1H3,(H2,15,17). The van der Waals surface area contributed by atoms with Crippen LogP contribution in [-0.4, -0.2) is 11.1 Å². The number of nitrogens with two attached hydrogens (primary N) is 1. The molecule has 2 N–H and O–H groups in total. The zero-order valence-corrected chi connectivity index (χ0v) is 11.0.